The van der Waals surface area contributed by atoms with Crippen molar-refractivity contribution < 1.29 is 0 Å². The van der Waals surface area contributed by atoms with Crippen LogP contribution < -0.4 is 5.73 Å². The lowest BCUT2D eigenvalue weighted by Crippen LogP contribution is -1.89. The summed E-state index contributed by atoms with van der Waals surface area (Å²) in [5.74, 6) is 0. The van der Waals surface area contributed by atoms with Crippen molar-refractivity contribution >= 4 is 11.4 Å². The molecule has 0 saturated carbocycles. The maximum absolute atomic E-state index is 6.98. The van der Waals surface area contributed by atoms with Gasteiger partial charge in [-0.05, 0) is 41.8 Å². The van der Waals surface area contributed by atoms with Crippen molar-refractivity contribution in [3.05, 3.63) is 59.4 Å². The molecule has 0 aliphatic rings. The smallest absolute Gasteiger partial charge is 0.187 e. The molecule has 16 heavy (non-hydrogen) atoms. The number of nitrogens with zero attached hydrogens (tertiary/aromatic N) is 1. The first-order chi connectivity index (χ1) is 7.70. The molecule has 0 aliphatic heterocycles. The van der Waals surface area contributed by atoms with E-state index in [1.165, 1.54) is 0 Å². The Bertz CT molecular complexity index is 565. The number of aryl methyl sites for hydroxylation is 1. The molecule has 0 spiro atoms. The molecule has 2 aromatic carbocycles. The number of hydrogen-bond acceptors (Lipinski definition) is 1. The number of benzene rings is 2. The van der Waals surface area contributed by atoms with E-state index in [4.69, 9.17) is 12.3 Å². The van der Waals surface area contributed by atoms with E-state index in [1.807, 2.05) is 43.3 Å². The lowest BCUT2D eigenvalue weighted by atomic mass is 10.0. The van der Waals surface area contributed by atoms with Crippen LogP contribution in [0.25, 0.3) is 16.0 Å². The largest absolute Gasteiger partial charge is 0.399 e. The summed E-state index contributed by atoms with van der Waals surface area (Å²) in [6, 6.07) is 13.5. The minimum Gasteiger partial charge on any atom is -0.399 e. The Hall–Kier alpha value is -2.27. The van der Waals surface area contributed by atoms with Crippen molar-refractivity contribution in [1.29, 1.82) is 0 Å². The minimum atomic E-state index is 0.659. The van der Waals surface area contributed by atoms with Crippen LogP contribution in [-0.4, -0.2) is 0 Å². The highest BCUT2D eigenvalue weighted by molar-refractivity contribution is 5.71. The van der Waals surface area contributed by atoms with Crippen LogP contribution in [0.15, 0.2) is 42.5 Å². The molecule has 0 saturated heterocycles. The Kier molecular flexibility index (Phi) is 2.61. The summed E-state index contributed by atoms with van der Waals surface area (Å²) in [5.41, 5.74) is 10.4. The first kappa shape index (κ1) is 10.3. The van der Waals surface area contributed by atoms with Crippen LogP contribution in [-0.2, 0) is 0 Å². The Morgan fingerprint density at radius 3 is 2.50 bits per heavy atom. The predicted molar refractivity (Wildman–Crippen MR) is 67.3 cm³/mol. The lowest BCUT2D eigenvalue weighted by molar-refractivity contribution is 1.47. The molecule has 78 valence electrons. The van der Waals surface area contributed by atoms with E-state index < -0.39 is 0 Å². The number of nitrogens with two attached hydrogens (primary N) is 1. The normalized spacial score (nSPS) is 9.75. The van der Waals surface area contributed by atoms with E-state index in [1.54, 1.807) is 6.07 Å². The van der Waals surface area contributed by atoms with Gasteiger partial charge in [-0.1, -0.05) is 24.3 Å². The van der Waals surface area contributed by atoms with Crippen LogP contribution in [0.2, 0.25) is 0 Å². The number of nitrogen functional groups attached to an aromatic ring is 1. The predicted octanol–water partition coefficient (Wildman–Crippen LogP) is 3.80. The first-order valence-electron chi connectivity index (χ1n) is 5.05. The minimum absolute atomic E-state index is 0.659. The fraction of sp³-hybridized carbons (Fsp3) is 0.0714. The van der Waals surface area contributed by atoms with Crippen molar-refractivity contribution in [1.82, 2.24) is 0 Å². The second kappa shape index (κ2) is 4.08. The van der Waals surface area contributed by atoms with Crippen LogP contribution in [0, 0.1) is 13.5 Å². The summed E-state index contributed by atoms with van der Waals surface area (Å²) < 4.78 is 0. The Labute approximate surface area is 95.2 Å². The van der Waals surface area contributed by atoms with Crippen LogP contribution in [0.4, 0.5) is 11.4 Å². The van der Waals surface area contributed by atoms with E-state index in [9.17, 15) is 0 Å². The molecule has 0 aromatic heterocycles. The van der Waals surface area contributed by atoms with E-state index in [0.29, 0.717) is 5.69 Å². The van der Waals surface area contributed by atoms with E-state index in [0.717, 1.165) is 22.4 Å². The van der Waals surface area contributed by atoms with Crippen molar-refractivity contribution in [3.63, 3.8) is 0 Å². The van der Waals surface area contributed by atoms with Gasteiger partial charge in [-0.25, -0.2) is 4.85 Å². The third-order valence-electron chi connectivity index (χ3n) is 2.58. The van der Waals surface area contributed by atoms with Gasteiger partial charge in [0.25, 0.3) is 0 Å². The second-order valence-corrected chi connectivity index (χ2v) is 3.73. The van der Waals surface area contributed by atoms with E-state index in [2.05, 4.69) is 4.85 Å². The van der Waals surface area contributed by atoms with Gasteiger partial charge in [0.15, 0.2) is 5.69 Å². The Morgan fingerprint density at radius 1 is 1.06 bits per heavy atom. The van der Waals surface area contributed by atoms with Gasteiger partial charge in [0.2, 0.25) is 0 Å². The molecule has 2 N–H and O–H groups in total. The van der Waals surface area contributed by atoms with Gasteiger partial charge < -0.3 is 5.73 Å². The average Bonchev–Trinajstić information content (AvgIpc) is 2.33. The molecule has 0 bridgehead atoms. The third-order valence-corrected chi connectivity index (χ3v) is 2.58. The van der Waals surface area contributed by atoms with E-state index in [-0.39, 0.29) is 0 Å². The van der Waals surface area contributed by atoms with Crippen molar-refractivity contribution in [2.45, 2.75) is 6.92 Å². The van der Waals surface area contributed by atoms with Crippen molar-refractivity contribution in [2.24, 2.45) is 0 Å². The summed E-state index contributed by atoms with van der Waals surface area (Å²) in [5, 5.41) is 0. The fourth-order valence-corrected chi connectivity index (χ4v) is 1.61. The molecule has 0 unspecified atom stereocenters. The molecule has 2 nitrogen and oxygen atoms in total. The molecule has 2 heteroatoms. The van der Waals surface area contributed by atoms with E-state index >= 15 is 0 Å². The van der Waals surface area contributed by atoms with Crippen molar-refractivity contribution in [2.75, 3.05) is 5.73 Å². The van der Waals surface area contributed by atoms with Crippen molar-refractivity contribution in [3.8, 4) is 11.1 Å². The third kappa shape index (κ3) is 1.89. The molecule has 0 heterocycles. The molecular formula is C14H12N2. The van der Waals surface area contributed by atoms with Gasteiger partial charge in [0.1, 0.15) is 0 Å². The monoisotopic (exact) mass is 208 g/mol. The summed E-state index contributed by atoms with van der Waals surface area (Å²) in [4.78, 5) is 3.42. The molecule has 0 aliphatic carbocycles. The standard InChI is InChI=1S/C14H12N2/c1-10-8-12(6-7-14(10)15)11-4-3-5-13(9-11)16-2/h3-9H,15H2,1H3. The number of hydrogen-bond donors (Lipinski definition) is 1. The number of rotatable bonds is 1. The summed E-state index contributed by atoms with van der Waals surface area (Å²) in [6.45, 7) is 8.97. The SMILES string of the molecule is [C-]#[N+]c1cccc(-c2ccc(N)c(C)c2)c1. The van der Waals surface area contributed by atoms with Gasteiger partial charge in [-0.2, -0.15) is 0 Å². The molecule has 2 rings (SSSR count). The Balaban J connectivity index is 2.51. The summed E-state index contributed by atoms with van der Waals surface area (Å²) >= 11 is 0. The highest BCUT2D eigenvalue weighted by Crippen LogP contribution is 2.26. The van der Waals surface area contributed by atoms with Crippen LogP contribution in [0.1, 0.15) is 5.56 Å². The maximum Gasteiger partial charge on any atom is 0.187 e. The molecular weight excluding hydrogens is 196 g/mol. The summed E-state index contributed by atoms with van der Waals surface area (Å²) in [6.07, 6.45) is 0. The topological polar surface area (TPSA) is 30.4 Å². The fourth-order valence-electron chi connectivity index (χ4n) is 1.61. The highest BCUT2D eigenvalue weighted by Gasteiger charge is 2.00. The van der Waals surface area contributed by atoms with Gasteiger partial charge in [0, 0.05) is 5.69 Å². The molecule has 0 amide bonds. The van der Waals surface area contributed by atoms with Gasteiger partial charge in [-0.3, -0.25) is 0 Å². The highest BCUT2D eigenvalue weighted by atomic mass is 14.6. The second-order valence-electron chi connectivity index (χ2n) is 3.73. The average molecular weight is 208 g/mol. The lowest BCUT2D eigenvalue weighted by Gasteiger charge is -2.05. The Morgan fingerprint density at radius 2 is 1.81 bits per heavy atom. The summed E-state index contributed by atoms with van der Waals surface area (Å²) in [7, 11) is 0. The molecule has 0 radical (unpaired) electrons. The quantitative estimate of drug-likeness (QED) is 0.560. The molecule has 2 aromatic rings. The van der Waals surface area contributed by atoms with Crippen LogP contribution in [0.5, 0.6) is 0 Å². The number of anilines is 1. The zero-order valence-electron chi connectivity index (χ0n) is 9.07. The molecule has 0 atom stereocenters. The maximum atomic E-state index is 6.98. The molecule has 0 fully saturated rings. The van der Waals surface area contributed by atoms with Gasteiger partial charge in [-0.15, -0.1) is 0 Å². The van der Waals surface area contributed by atoms with Gasteiger partial charge >= 0.3 is 0 Å². The van der Waals surface area contributed by atoms with Crippen LogP contribution in [0.3, 0.4) is 0 Å². The zero-order valence-corrected chi connectivity index (χ0v) is 9.07. The van der Waals surface area contributed by atoms with Gasteiger partial charge in [0.05, 0.1) is 6.57 Å². The first-order valence-corrected chi connectivity index (χ1v) is 5.05. The zero-order chi connectivity index (χ0) is 11.5. The van der Waals surface area contributed by atoms with Crippen LogP contribution >= 0.6 is 0 Å².